The second-order valence-electron chi connectivity index (χ2n) is 10.7. The molecule has 0 bridgehead atoms. The largest absolute Gasteiger partial charge is 0.352 e. The number of nitrogens with zero attached hydrogens (tertiary/aromatic N) is 2. The van der Waals surface area contributed by atoms with Crippen LogP contribution in [-0.2, 0) is 39.0 Å². The van der Waals surface area contributed by atoms with E-state index in [9.17, 15) is 18.0 Å². The third kappa shape index (κ3) is 8.27. The predicted molar refractivity (Wildman–Crippen MR) is 169 cm³/mol. The Morgan fingerprint density at radius 2 is 1.60 bits per heavy atom. The van der Waals surface area contributed by atoms with E-state index < -0.39 is 28.5 Å². The third-order valence-electron chi connectivity index (χ3n) is 7.63. The first-order valence-corrected chi connectivity index (χ1v) is 16.8. The molecule has 0 spiro atoms. The number of hydrogen-bond acceptors (Lipinski definition) is 4. The molecule has 1 saturated carbocycles. The van der Waals surface area contributed by atoms with Crippen LogP contribution in [-0.4, -0.2) is 50.0 Å². The van der Waals surface area contributed by atoms with Gasteiger partial charge in [0.1, 0.15) is 12.6 Å². The fourth-order valence-electron chi connectivity index (χ4n) is 5.40. The summed E-state index contributed by atoms with van der Waals surface area (Å²) in [4.78, 5) is 29.7. The van der Waals surface area contributed by atoms with Crippen molar-refractivity contribution in [2.45, 2.75) is 64.1 Å². The van der Waals surface area contributed by atoms with E-state index in [1.165, 1.54) is 4.90 Å². The van der Waals surface area contributed by atoms with E-state index >= 15 is 0 Å². The van der Waals surface area contributed by atoms with Gasteiger partial charge >= 0.3 is 0 Å². The molecule has 1 fully saturated rings. The molecule has 1 unspecified atom stereocenters. The van der Waals surface area contributed by atoms with E-state index in [4.69, 9.17) is 23.2 Å². The summed E-state index contributed by atoms with van der Waals surface area (Å²) in [6, 6.07) is 20.8. The maximum Gasteiger partial charge on any atom is 0.244 e. The molecule has 2 amide bonds. The van der Waals surface area contributed by atoms with Gasteiger partial charge in [0, 0.05) is 19.0 Å². The van der Waals surface area contributed by atoms with Gasteiger partial charge in [-0.1, -0.05) is 97.6 Å². The Balaban J connectivity index is 1.75. The Hall–Kier alpha value is -3.07. The molecule has 42 heavy (non-hydrogen) atoms. The van der Waals surface area contributed by atoms with Crippen LogP contribution in [0.5, 0.6) is 0 Å². The number of benzene rings is 3. The van der Waals surface area contributed by atoms with E-state index in [2.05, 4.69) is 5.32 Å². The minimum atomic E-state index is -3.84. The summed E-state index contributed by atoms with van der Waals surface area (Å²) in [7, 11) is -3.84. The van der Waals surface area contributed by atoms with E-state index in [1.54, 1.807) is 30.3 Å². The molecule has 1 N–H and O–H groups in total. The zero-order valence-electron chi connectivity index (χ0n) is 23.9. The van der Waals surface area contributed by atoms with E-state index in [1.807, 2.05) is 49.4 Å². The normalized spacial score (nSPS) is 14.4. The summed E-state index contributed by atoms with van der Waals surface area (Å²) in [6.07, 6.45) is 5.80. The highest BCUT2D eigenvalue weighted by atomic mass is 35.5. The van der Waals surface area contributed by atoms with Crippen molar-refractivity contribution in [3.8, 4) is 0 Å². The van der Waals surface area contributed by atoms with Gasteiger partial charge in [-0.3, -0.25) is 13.9 Å². The molecule has 4 rings (SSSR count). The summed E-state index contributed by atoms with van der Waals surface area (Å²) in [5.41, 5.74) is 2.79. The van der Waals surface area contributed by atoms with Gasteiger partial charge in [0.2, 0.25) is 21.8 Å². The highest BCUT2D eigenvalue weighted by Gasteiger charge is 2.34. The quantitative estimate of drug-likeness (QED) is 0.265. The zero-order valence-corrected chi connectivity index (χ0v) is 26.3. The van der Waals surface area contributed by atoms with Gasteiger partial charge in [-0.05, 0) is 54.2 Å². The fourth-order valence-corrected chi connectivity index (χ4v) is 6.61. The molecule has 0 saturated heterocycles. The standard InChI is InChI=1S/C32H37Cl2N3O4S/c1-3-25-13-7-10-16-29(25)37(42(2,40)41)22-31(38)36(21-24-17-18-27(33)28(34)19-24)30(20-23-11-5-4-6-12-23)32(39)35-26-14-8-9-15-26/h4-7,10-13,16-19,26,30H,3,8-9,14-15,20-22H2,1-2H3,(H,35,39). The van der Waals surface area contributed by atoms with Crippen molar-refractivity contribution in [3.63, 3.8) is 0 Å². The van der Waals surface area contributed by atoms with Crippen molar-refractivity contribution in [2.24, 2.45) is 0 Å². The summed E-state index contributed by atoms with van der Waals surface area (Å²) >= 11 is 12.5. The molecule has 1 aliphatic carbocycles. The number of sulfonamides is 1. The number of para-hydroxylation sites is 1. The van der Waals surface area contributed by atoms with E-state index in [0.717, 1.165) is 47.4 Å². The Labute approximate surface area is 258 Å². The molecule has 7 nitrogen and oxygen atoms in total. The molecule has 0 aromatic heterocycles. The maximum absolute atomic E-state index is 14.3. The summed E-state index contributed by atoms with van der Waals surface area (Å²) in [5.74, 6) is -0.765. The zero-order chi connectivity index (χ0) is 30.3. The molecule has 0 radical (unpaired) electrons. The number of halogens is 2. The fraction of sp³-hybridized carbons (Fsp3) is 0.375. The molecule has 0 aliphatic heterocycles. The monoisotopic (exact) mass is 629 g/mol. The number of amides is 2. The van der Waals surface area contributed by atoms with Gasteiger partial charge in [-0.2, -0.15) is 0 Å². The van der Waals surface area contributed by atoms with Gasteiger partial charge < -0.3 is 10.2 Å². The topological polar surface area (TPSA) is 86.8 Å². The molecule has 224 valence electrons. The predicted octanol–water partition coefficient (Wildman–Crippen LogP) is 6.02. The van der Waals surface area contributed by atoms with Crippen molar-refractivity contribution in [3.05, 3.63) is 99.5 Å². The average molecular weight is 631 g/mol. The lowest BCUT2D eigenvalue weighted by atomic mass is 10.0. The van der Waals surface area contributed by atoms with Crippen molar-refractivity contribution >= 4 is 50.7 Å². The Morgan fingerprint density at radius 1 is 0.929 bits per heavy atom. The second-order valence-corrected chi connectivity index (χ2v) is 13.4. The number of anilines is 1. The number of carbonyl (C=O) groups is 2. The number of rotatable bonds is 12. The number of hydrogen-bond donors (Lipinski definition) is 1. The second kappa shape index (κ2) is 14.4. The molecule has 1 aliphatic rings. The number of carbonyl (C=O) groups excluding carboxylic acids is 2. The van der Waals surface area contributed by atoms with Gasteiger partial charge in [0.15, 0.2) is 0 Å². The molecule has 1 atom stereocenters. The first-order chi connectivity index (χ1) is 20.1. The molecular formula is C32H37Cl2N3O4S. The van der Waals surface area contributed by atoms with Crippen LogP contribution in [0, 0.1) is 0 Å². The first-order valence-electron chi connectivity index (χ1n) is 14.2. The molecule has 10 heteroatoms. The average Bonchev–Trinajstić information content (AvgIpc) is 3.48. The lowest BCUT2D eigenvalue weighted by molar-refractivity contribution is -0.140. The third-order valence-corrected chi connectivity index (χ3v) is 9.50. The molecule has 0 heterocycles. The Morgan fingerprint density at radius 3 is 2.24 bits per heavy atom. The van der Waals surface area contributed by atoms with Gasteiger partial charge in [-0.25, -0.2) is 8.42 Å². The lowest BCUT2D eigenvalue weighted by Gasteiger charge is -2.34. The van der Waals surface area contributed by atoms with Gasteiger partial charge in [-0.15, -0.1) is 0 Å². The molecule has 3 aromatic rings. The van der Waals surface area contributed by atoms with Gasteiger partial charge in [0.05, 0.1) is 22.0 Å². The van der Waals surface area contributed by atoms with Crippen LogP contribution in [0.25, 0.3) is 0 Å². The summed E-state index contributed by atoms with van der Waals surface area (Å²) in [6.45, 7) is 1.51. The first kappa shape index (κ1) is 31.9. The number of nitrogens with one attached hydrogen (secondary N) is 1. The van der Waals surface area contributed by atoms with Gasteiger partial charge in [0.25, 0.3) is 0 Å². The highest BCUT2D eigenvalue weighted by Crippen LogP contribution is 2.27. The van der Waals surface area contributed by atoms with Crippen LogP contribution >= 0.6 is 23.2 Å². The molecular weight excluding hydrogens is 593 g/mol. The van der Waals surface area contributed by atoms with Crippen molar-refractivity contribution in [1.82, 2.24) is 10.2 Å². The van der Waals surface area contributed by atoms with Crippen molar-refractivity contribution in [1.29, 1.82) is 0 Å². The highest BCUT2D eigenvalue weighted by molar-refractivity contribution is 7.92. The summed E-state index contributed by atoms with van der Waals surface area (Å²) < 4.78 is 27.3. The molecule has 3 aromatic carbocycles. The maximum atomic E-state index is 14.3. The van der Waals surface area contributed by atoms with Crippen LogP contribution in [0.4, 0.5) is 5.69 Å². The Bertz CT molecular complexity index is 1490. The van der Waals surface area contributed by atoms with Crippen molar-refractivity contribution < 1.29 is 18.0 Å². The SMILES string of the molecule is CCc1ccccc1N(CC(=O)N(Cc1ccc(Cl)c(Cl)c1)C(Cc1ccccc1)C(=O)NC1CCCC1)S(C)(=O)=O. The smallest absolute Gasteiger partial charge is 0.244 e. The number of aryl methyl sites for hydroxylation is 1. The lowest BCUT2D eigenvalue weighted by Crippen LogP contribution is -2.54. The van der Waals surface area contributed by atoms with E-state index in [-0.39, 0.29) is 24.9 Å². The summed E-state index contributed by atoms with van der Waals surface area (Å²) in [5, 5.41) is 3.86. The minimum absolute atomic E-state index is 0.0400. The Kier molecular flexibility index (Phi) is 10.9. The van der Waals surface area contributed by atoms with E-state index in [0.29, 0.717) is 27.7 Å². The minimum Gasteiger partial charge on any atom is -0.352 e. The van der Waals surface area contributed by atoms with Crippen LogP contribution in [0.2, 0.25) is 10.0 Å². The van der Waals surface area contributed by atoms with Crippen molar-refractivity contribution in [2.75, 3.05) is 17.1 Å². The van der Waals surface area contributed by atoms with Crippen LogP contribution in [0.15, 0.2) is 72.8 Å². The van der Waals surface area contributed by atoms with Crippen LogP contribution < -0.4 is 9.62 Å². The van der Waals surface area contributed by atoms with Crippen LogP contribution in [0.3, 0.4) is 0 Å². The van der Waals surface area contributed by atoms with Crippen LogP contribution in [0.1, 0.15) is 49.3 Å².